The molecule has 2 rings (SSSR count). The highest BCUT2D eigenvalue weighted by atomic mass is 16.5. The van der Waals surface area contributed by atoms with Gasteiger partial charge in [0.2, 0.25) is 0 Å². The second-order valence-electron chi connectivity index (χ2n) is 4.51. The first kappa shape index (κ1) is 12.4. The summed E-state index contributed by atoms with van der Waals surface area (Å²) in [5.41, 5.74) is 7.19. The van der Waals surface area contributed by atoms with Crippen molar-refractivity contribution >= 4 is 0 Å². The summed E-state index contributed by atoms with van der Waals surface area (Å²) in [5.74, 6) is 0.914. The van der Waals surface area contributed by atoms with Crippen LogP contribution in [0.5, 0.6) is 5.75 Å². The van der Waals surface area contributed by atoms with E-state index in [0.29, 0.717) is 6.61 Å². The number of nitrogens with two attached hydrogens (primary N) is 1. The largest absolute Gasteiger partial charge is 0.488 e. The fraction of sp³-hybridized carbons (Fsp3) is 0.571. The zero-order valence-corrected chi connectivity index (χ0v) is 10.4. The third-order valence-electron chi connectivity index (χ3n) is 3.17. The summed E-state index contributed by atoms with van der Waals surface area (Å²) >= 11 is 0. The van der Waals surface area contributed by atoms with Gasteiger partial charge in [0.1, 0.15) is 11.9 Å². The molecule has 0 spiro atoms. The molecule has 17 heavy (non-hydrogen) atoms. The van der Waals surface area contributed by atoms with E-state index < -0.39 is 0 Å². The van der Waals surface area contributed by atoms with Crippen molar-refractivity contribution in [1.29, 1.82) is 0 Å². The molecule has 2 atom stereocenters. The molecule has 1 heterocycles. The Bertz CT molecular complexity index is 348. The van der Waals surface area contributed by atoms with Crippen LogP contribution in [-0.4, -0.2) is 19.3 Å². The van der Waals surface area contributed by atoms with Crippen LogP contribution in [0.1, 0.15) is 37.8 Å². The molecule has 1 saturated heterocycles. The first-order valence-corrected chi connectivity index (χ1v) is 6.40. The van der Waals surface area contributed by atoms with Gasteiger partial charge in [-0.05, 0) is 25.3 Å². The minimum absolute atomic E-state index is 0.0516. The van der Waals surface area contributed by atoms with Crippen LogP contribution < -0.4 is 10.5 Å². The summed E-state index contributed by atoms with van der Waals surface area (Å²) in [5, 5.41) is 0. The molecule has 1 aromatic rings. The zero-order chi connectivity index (χ0) is 12.1. The molecule has 0 saturated carbocycles. The minimum Gasteiger partial charge on any atom is -0.488 e. The van der Waals surface area contributed by atoms with Gasteiger partial charge in [-0.2, -0.15) is 0 Å². The fourth-order valence-corrected chi connectivity index (χ4v) is 2.10. The summed E-state index contributed by atoms with van der Waals surface area (Å²) in [4.78, 5) is 0. The Morgan fingerprint density at radius 1 is 1.47 bits per heavy atom. The lowest BCUT2D eigenvalue weighted by molar-refractivity contribution is 0.00690. The molecule has 1 unspecified atom stereocenters. The highest BCUT2D eigenvalue weighted by Gasteiger charge is 2.18. The van der Waals surface area contributed by atoms with Gasteiger partial charge in [-0.3, -0.25) is 0 Å². The lowest BCUT2D eigenvalue weighted by Crippen LogP contribution is -2.28. The maximum absolute atomic E-state index is 6.09. The molecule has 1 aliphatic heterocycles. The molecule has 1 aliphatic rings. The fourth-order valence-electron chi connectivity index (χ4n) is 2.10. The van der Waals surface area contributed by atoms with E-state index in [4.69, 9.17) is 15.2 Å². The van der Waals surface area contributed by atoms with E-state index in [0.717, 1.165) is 37.2 Å². The number of para-hydroxylation sites is 1. The van der Waals surface area contributed by atoms with Crippen molar-refractivity contribution in [3.05, 3.63) is 29.8 Å². The average Bonchev–Trinajstić information content (AvgIpc) is 2.40. The van der Waals surface area contributed by atoms with Gasteiger partial charge >= 0.3 is 0 Å². The van der Waals surface area contributed by atoms with Crippen LogP contribution >= 0.6 is 0 Å². The highest BCUT2D eigenvalue weighted by molar-refractivity contribution is 5.35. The van der Waals surface area contributed by atoms with Crippen molar-refractivity contribution in [3.8, 4) is 5.75 Å². The smallest absolute Gasteiger partial charge is 0.124 e. The van der Waals surface area contributed by atoms with Gasteiger partial charge in [0.25, 0.3) is 0 Å². The Morgan fingerprint density at radius 3 is 3.00 bits per heavy atom. The quantitative estimate of drug-likeness (QED) is 0.872. The van der Waals surface area contributed by atoms with Crippen molar-refractivity contribution in [2.24, 2.45) is 5.73 Å². The molecule has 1 aromatic carbocycles. The maximum atomic E-state index is 6.09. The lowest BCUT2D eigenvalue weighted by Gasteiger charge is -2.25. The predicted octanol–water partition coefficient (Wildman–Crippen LogP) is 2.65. The van der Waals surface area contributed by atoms with E-state index in [-0.39, 0.29) is 12.1 Å². The van der Waals surface area contributed by atoms with Crippen LogP contribution in [0.3, 0.4) is 0 Å². The molecule has 0 amide bonds. The Morgan fingerprint density at radius 2 is 2.29 bits per heavy atom. The first-order valence-electron chi connectivity index (χ1n) is 6.40. The third kappa shape index (κ3) is 3.20. The Labute approximate surface area is 103 Å². The summed E-state index contributed by atoms with van der Waals surface area (Å²) in [6.07, 6.45) is 3.23. The summed E-state index contributed by atoms with van der Waals surface area (Å²) in [7, 11) is 0. The molecule has 94 valence electrons. The van der Waals surface area contributed by atoms with Crippen molar-refractivity contribution in [3.63, 3.8) is 0 Å². The van der Waals surface area contributed by atoms with Crippen molar-refractivity contribution < 1.29 is 9.47 Å². The SMILES string of the molecule is CC[C@H](N)c1ccccc1OC1CCCOC1. The second-order valence-corrected chi connectivity index (χ2v) is 4.51. The van der Waals surface area contributed by atoms with Gasteiger partial charge in [-0.25, -0.2) is 0 Å². The van der Waals surface area contributed by atoms with E-state index in [1.54, 1.807) is 0 Å². The molecule has 1 fully saturated rings. The van der Waals surface area contributed by atoms with E-state index in [1.165, 1.54) is 0 Å². The van der Waals surface area contributed by atoms with Crippen LogP contribution in [0.25, 0.3) is 0 Å². The normalized spacial score (nSPS) is 22.1. The van der Waals surface area contributed by atoms with Crippen molar-refractivity contribution in [2.45, 2.75) is 38.3 Å². The van der Waals surface area contributed by atoms with Crippen LogP contribution in [0.15, 0.2) is 24.3 Å². The molecule has 3 heteroatoms. The Balaban J connectivity index is 2.08. The van der Waals surface area contributed by atoms with Crippen LogP contribution in [0.2, 0.25) is 0 Å². The van der Waals surface area contributed by atoms with E-state index in [2.05, 4.69) is 6.92 Å². The summed E-state index contributed by atoms with van der Waals surface area (Å²) in [6.45, 7) is 3.64. The molecular weight excluding hydrogens is 214 g/mol. The van der Waals surface area contributed by atoms with E-state index in [1.807, 2.05) is 24.3 Å². The Hall–Kier alpha value is -1.06. The monoisotopic (exact) mass is 235 g/mol. The molecule has 0 bridgehead atoms. The second kappa shape index (κ2) is 6.03. The van der Waals surface area contributed by atoms with E-state index in [9.17, 15) is 0 Å². The average molecular weight is 235 g/mol. The lowest BCUT2D eigenvalue weighted by atomic mass is 10.0. The van der Waals surface area contributed by atoms with Crippen LogP contribution in [-0.2, 0) is 4.74 Å². The van der Waals surface area contributed by atoms with Gasteiger partial charge in [0, 0.05) is 18.2 Å². The van der Waals surface area contributed by atoms with Gasteiger partial charge in [0.05, 0.1) is 6.61 Å². The standard InChI is InChI=1S/C14H21NO2/c1-2-13(15)12-7-3-4-8-14(12)17-11-6-5-9-16-10-11/h3-4,7-8,11,13H,2,5-6,9-10,15H2,1H3/t11?,13-/m0/s1. The van der Waals surface area contributed by atoms with Gasteiger partial charge in [0.15, 0.2) is 0 Å². The number of hydrogen-bond donors (Lipinski definition) is 1. The van der Waals surface area contributed by atoms with Crippen LogP contribution in [0, 0.1) is 0 Å². The number of ether oxygens (including phenoxy) is 2. The van der Waals surface area contributed by atoms with Gasteiger partial charge in [-0.1, -0.05) is 25.1 Å². The summed E-state index contributed by atoms with van der Waals surface area (Å²) < 4.78 is 11.4. The van der Waals surface area contributed by atoms with Gasteiger partial charge in [-0.15, -0.1) is 0 Å². The van der Waals surface area contributed by atoms with E-state index >= 15 is 0 Å². The number of benzene rings is 1. The van der Waals surface area contributed by atoms with Crippen LogP contribution in [0.4, 0.5) is 0 Å². The summed E-state index contributed by atoms with van der Waals surface area (Å²) in [6, 6.07) is 8.10. The third-order valence-corrected chi connectivity index (χ3v) is 3.17. The molecule has 3 nitrogen and oxygen atoms in total. The highest BCUT2D eigenvalue weighted by Crippen LogP contribution is 2.27. The molecule has 2 N–H and O–H groups in total. The maximum Gasteiger partial charge on any atom is 0.124 e. The Kier molecular flexibility index (Phi) is 4.40. The van der Waals surface area contributed by atoms with Crippen molar-refractivity contribution in [1.82, 2.24) is 0 Å². The minimum atomic E-state index is 0.0516. The van der Waals surface area contributed by atoms with Crippen molar-refractivity contribution in [2.75, 3.05) is 13.2 Å². The molecule has 0 radical (unpaired) electrons. The predicted molar refractivity (Wildman–Crippen MR) is 68.1 cm³/mol. The van der Waals surface area contributed by atoms with Gasteiger partial charge < -0.3 is 15.2 Å². The molecule has 0 aromatic heterocycles. The zero-order valence-electron chi connectivity index (χ0n) is 10.4. The first-order chi connectivity index (χ1) is 8.31. The molecule has 0 aliphatic carbocycles. The number of hydrogen-bond acceptors (Lipinski definition) is 3. The number of rotatable bonds is 4. The molecular formula is C14H21NO2. The topological polar surface area (TPSA) is 44.5 Å².